The summed E-state index contributed by atoms with van der Waals surface area (Å²) >= 11 is 1.74. The molecule has 2 aromatic rings. The molecule has 1 aromatic carbocycles. The maximum Gasteiger partial charge on any atom is 0.238 e. The van der Waals surface area contributed by atoms with Crippen molar-refractivity contribution in [2.75, 3.05) is 12.4 Å². The maximum absolute atomic E-state index is 12.5. The molecule has 0 radical (unpaired) electrons. The van der Waals surface area contributed by atoms with Gasteiger partial charge >= 0.3 is 0 Å². The fourth-order valence-electron chi connectivity index (χ4n) is 3.26. The molecule has 2 heterocycles. The number of rotatable bonds is 11. The molecule has 0 bridgehead atoms. The molecule has 0 saturated carbocycles. The van der Waals surface area contributed by atoms with E-state index in [2.05, 4.69) is 22.5 Å². The van der Waals surface area contributed by atoms with Crippen LogP contribution >= 0.6 is 11.8 Å². The molecule has 2 N–H and O–H groups in total. The van der Waals surface area contributed by atoms with Gasteiger partial charge in [0.2, 0.25) is 5.91 Å². The van der Waals surface area contributed by atoms with Crippen LogP contribution in [0.25, 0.3) is 0 Å². The van der Waals surface area contributed by atoms with Crippen molar-refractivity contribution in [3.05, 3.63) is 59.9 Å². The van der Waals surface area contributed by atoms with Crippen LogP contribution in [-0.4, -0.2) is 29.3 Å². The molecule has 6 heteroatoms. The number of nitrogens with zero attached hydrogens (tertiary/aromatic N) is 1. The van der Waals surface area contributed by atoms with Crippen LogP contribution in [0.1, 0.15) is 55.5 Å². The third-order valence-electron chi connectivity index (χ3n) is 4.99. The molecule has 1 aromatic heterocycles. The number of unbranched alkanes of at least 4 members (excludes halogenated alkanes) is 4. The number of pyridine rings is 1. The van der Waals surface area contributed by atoms with Crippen molar-refractivity contribution in [2.45, 2.75) is 57.0 Å². The van der Waals surface area contributed by atoms with E-state index in [0.29, 0.717) is 6.54 Å². The third kappa shape index (κ3) is 7.05. The summed E-state index contributed by atoms with van der Waals surface area (Å²) < 4.78 is 5.80. The second kappa shape index (κ2) is 11.8. The average Bonchev–Trinajstić information content (AvgIpc) is 3.26. The standard InChI is InChI=1S/C23H31N3O2S/c1-2-3-4-5-6-14-28-20-11-9-18(10-12-20)15-25-22(27)21-17-29-23(26-21)19-8-7-13-24-16-19/h7-13,16,21,23,26H,2-6,14-15,17H2,1H3,(H,25,27). The second-order valence-corrected chi connectivity index (χ2v) is 8.48. The molecule has 1 amide bonds. The zero-order chi connectivity index (χ0) is 20.3. The highest BCUT2D eigenvalue weighted by atomic mass is 32.2. The molecular weight excluding hydrogens is 382 g/mol. The highest BCUT2D eigenvalue weighted by Gasteiger charge is 2.30. The fourth-order valence-corrected chi connectivity index (χ4v) is 4.48. The summed E-state index contributed by atoms with van der Waals surface area (Å²) in [5.74, 6) is 1.69. The van der Waals surface area contributed by atoms with E-state index in [9.17, 15) is 4.79 Å². The smallest absolute Gasteiger partial charge is 0.238 e. The Labute approximate surface area is 178 Å². The Hall–Kier alpha value is -2.05. The van der Waals surface area contributed by atoms with Crippen LogP contribution < -0.4 is 15.4 Å². The number of aromatic nitrogens is 1. The van der Waals surface area contributed by atoms with Gasteiger partial charge in [-0.2, -0.15) is 0 Å². The Morgan fingerprint density at radius 3 is 2.79 bits per heavy atom. The molecular formula is C23H31N3O2S. The predicted molar refractivity (Wildman–Crippen MR) is 119 cm³/mol. The van der Waals surface area contributed by atoms with Gasteiger partial charge in [0.1, 0.15) is 5.75 Å². The third-order valence-corrected chi connectivity index (χ3v) is 6.26. The minimum atomic E-state index is -0.180. The number of carbonyl (C=O) groups is 1. The molecule has 1 aliphatic rings. The Balaban J connectivity index is 1.36. The van der Waals surface area contributed by atoms with Crippen molar-refractivity contribution < 1.29 is 9.53 Å². The van der Waals surface area contributed by atoms with Gasteiger partial charge in [0.25, 0.3) is 0 Å². The SMILES string of the molecule is CCCCCCCOc1ccc(CNC(=O)C2CSC(c3cccnc3)N2)cc1. The summed E-state index contributed by atoms with van der Waals surface area (Å²) in [5, 5.41) is 6.54. The minimum Gasteiger partial charge on any atom is -0.494 e. The first-order valence-corrected chi connectivity index (χ1v) is 11.6. The molecule has 1 saturated heterocycles. The van der Waals surface area contributed by atoms with Gasteiger partial charge < -0.3 is 10.1 Å². The number of thioether (sulfide) groups is 1. The van der Waals surface area contributed by atoms with Crippen molar-refractivity contribution in [3.63, 3.8) is 0 Å². The Kier molecular flexibility index (Phi) is 8.83. The second-order valence-electron chi connectivity index (χ2n) is 7.34. The number of hydrogen-bond acceptors (Lipinski definition) is 5. The van der Waals surface area contributed by atoms with E-state index in [4.69, 9.17) is 4.74 Å². The van der Waals surface area contributed by atoms with Crippen molar-refractivity contribution in [1.29, 1.82) is 0 Å². The Morgan fingerprint density at radius 1 is 1.21 bits per heavy atom. The summed E-state index contributed by atoms with van der Waals surface area (Å²) in [6, 6.07) is 11.8. The van der Waals surface area contributed by atoms with Gasteiger partial charge in [0.15, 0.2) is 0 Å². The van der Waals surface area contributed by atoms with Gasteiger partial charge in [-0.25, -0.2) is 0 Å². The Morgan fingerprint density at radius 2 is 2.03 bits per heavy atom. The number of ether oxygens (including phenoxy) is 1. The lowest BCUT2D eigenvalue weighted by molar-refractivity contribution is -0.122. The highest BCUT2D eigenvalue weighted by Crippen LogP contribution is 2.32. The van der Waals surface area contributed by atoms with Crippen LogP contribution in [0.15, 0.2) is 48.8 Å². The molecule has 156 valence electrons. The summed E-state index contributed by atoms with van der Waals surface area (Å²) in [6.45, 7) is 3.52. The van der Waals surface area contributed by atoms with Gasteiger partial charge in [0, 0.05) is 24.7 Å². The van der Waals surface area contributed by atoms with Gasteiger partial charge in [0.05, 0.1) is 18.0 Å². The molecule has 5 nitrogen and oxygen atoms in total. The van der Waals surface area contributed by atoms with Crippen LogP contribution in [0.5, 0.6) is 5.75 Å². The van der Waals surface area contributed by atoms with E-state index >= 15 is 0 Å². The summed E-state index contributed by atoms with van der Waals surface area (Å²) in [6.07, 6.45) is 9.80. The quantitative estimate of drug-likeness (QED) is 0.533. The van der Waals surface area contributed by atoms with Crippen LogP contribution in [-0.2, 0) is 11.3 Å². The van der Waals surface area contributed by atoms with Gasteiger partial charge in [-0.15, -0.1) is 11.8 Å². The zero-order valence-corrected chi connectivity index (χ0v) is 17.9. The molecule has 1 fully saturated rings. The predicted octanol–water partition coefficient (Wildman–Crippen LogP) is 4.45. The van der Waals surface area contributed by atoms with Crippen LogP contribution in [0.2, 0.25) is 0 Å². The van der Waals surface area contributed by atoms with Crippen molar-refractivity contribution in [2.24, 2.45) is 0 Å². The van der Waals surface area contributed by atoms with E-state index < -0.39 is 0 Å². The number of amides is 1. The van der Waals surface area contributed by atoms with Crippen molar-refractivity contribution in [3.8, 4) is 5.75 Å². The summed E-state index contributed by atoms with van der Waals surface area (Å²) in [5.41, 5.74) is 2.18. The lowest BCUT2D eigenvalue weighted by Gasteiger charge is -2.14. The lowest BCUT2D eigenvalue weighted by Crippen LogP contribution is -2.42. The minimum absolute atomic E-state index is 0.0382. The van der Waals surface area contributed by atoms with Crippen LogP contribution in [0, 0.1) is 0 Å². The maximum atomic E-state index is 12.5. The van der Waals surface area contributed by atoms with E-state index in [1.807, 2.05) is 42.6 Å². The first-order chi connectivity index (χ1) is 14.3. The van der Waals surface area contributed by atoms with E-state index in [1.54, 1.807) is 18.0 Å². The van der Waals surface area contributed by atoms with Crippen molar-refractivity contribution >= 4 is 17.7 Å². The van der Waals surface area contributed by atoms with Crippen molar-refractivity contribution in [1.82, 2.24) is 15.6 Å². The van der Waals surface area contributed by atoms with E-state index in [0.717, 1.165) is 35.7 Å². The van der Waals surface area contributed by atoms with E-state index in [-0.39, 0.29) is 17.3 Å². The highest BCUT2D eigenvalue weighted by molar-refractivity contribution is 7.99. The van der Waals surface area contributed by atoms with Crippen LogP contribution in [0.4, 0.5) is 0 Å². The summed E-state index contributed by atoms with van der Waals surface area (Å²) in [7, 11) is 0. The molecule has 2 unspecified atom stereocenters. The van der Waals surface area contributed by atoms with E-state index in [1.165, 1.54) is 25.7 Å². The first kappa shape index (κ1) is 21.7. The molecule has 0 spiro atoms. The molecule has 0 aliphatic carbocycles. The van der Waals surface area contributed by atoms with Crippen LogP contribution in [0.3, 0.4) is 0 Å². The van der Waals surface area contributed by atoms with Gasteiger partial charge in [-0.1, -0.05) is 50.8 Å². The number of carbonyl (C=O) groups excluding carboxylic acids is 1. The number of benzene rings is 1. The Bertz CT molecular complexity index is 740. The topological polar surface area (TPSA) is 63.2 Å². The monoisotopic (exact) mass is 413 g/mol. The normalized spacial score (nSPS) is 18.5. The molecule has 2 atom stereocenters. The largest absolute Gasteiger partial charge is 0.494 e. The number of hydrogen-bond donors (Lipinski definition) is 2. The molecule has 29 heavy (non-hydrogen) atoms. The fraction of sp³-hybridized carbons (Fsp3) is 0.478. The molecule has 3 rings (SSSR count). The molecule has 1 aliphatic heterocycles. The first-order valence-electron chi connectivity index (χ1n) is 10.5. The number of nitrogens with one attached hydrogen (secondary N) is 2. The summed E-state index contributed by atoms with van der Waals surface area (Å²) in [4.78, 5) is 16.6. The zero-order valence-electron chi connectivity index (χ0n) is 17.1. The average molecular weight is 414 g/mol. The van der Waals surface area contributed by atoms with Gasteiger partial charge in [-0.3, -0.25) is 15.1 Å². The van der Waals surface area contributed by atoms with Gasteiger partial charge in [-0.05, 0) is 35.7 Å². The lowest BCUT2D eigenvalue weighted by atomic mass is 10.2.